The summed E-state index contributed by atoms with van der Waals surface area (Å²) in [6.07, 6.45) is 11.0. The smallest absolute Gasteiger partial charge is 0.151 e. The Kier molecular flexibility index (Phi) is 7.20. The number of nitrogens with zero attached hydrogens (tertiary/aromatic N) is 6. The van der Waals surface area contributed by atoms with Crippen LogP contribution in [0.15, 0.2) is 73.6 Å². The number of rotatable bonds is 4. The molecule has 0 aliphatic heterocycles. The highest BCUT2D eigenvalue weighted by Gasteiger charge is 2.11. The summed E-state index contributed by atoms with van der Waals surface area (Å²) in [4.78, 5) is 27.2. The number of aldehydes is 1. The molecule has 190 valence electrons. The maximum Gasteiger partial charge on any atom is 0.151 e. The van der Waals surface area contributed by atoms with E-state index in [1.54, 1.807) is 31.0 Å². The van der Waals surface area contributed by atoms with E-state index < -0.39 is 0 Å². The lowest BCUT2D eigenvalue weighted by atomic mass is 10.1. The standard InChI is InChI=1S/C14H12ClN3O.C14H10ClN3O/c2*1-18-12(10-2-9(8-19)5-16-6-10)3-11-7-17-14(15)4-13(11)18/h2-7,19H,8H2,1H3;2-8H,1H3. The number of pyridine rings is 4. The van der Waals surface area contributed by atoms with Gasteiger partial charge in [0, 0.05) is 78.7 Å². The molecular formula is C28H22Cl2N6O2. The minimum absolute atomic E-state index is 0.0157. The van der Waals surface area contributed by atoms with Crippen molar-refractivity contribution in [2.75, 3.05) is 0 Å². The molecule has 6 rings (SSSR count). The van der Waals surface area contributed by atoms with Gasteiger partial charge in [-0.2, -0.15) is 0 Å². The van der Waals surface area contributed by atoms with E-state index in [0.717, 1.165) is 56.2 Å². The summed E-state index contributed by atoms with van der Waals surface area (Å²) >= 11 is 11.8. The van der Waals surface area contributed by atoms with Crippen LogP contribution in [0.2, 0.25) is 10.3 Å². The molecule has 0 aliphatic carbocycles. The van der Waals surface area contributed by atoms with Crippen LogP contribution in [0, 0.1) is 0 Å². The van der Waals surface area contributed by atoms with Gasteiger partial charge >= 0.3 is 0 Å². The number of fused-ring (bicyclic) bond motifs is 2. The minimum Gasteiger partial charge on any atom is -0.392 e. The third-order valence-corrected chi connectivity index (χ3v) is 6.66. The third-order valence-electron chi connectivity index (χ3n) is 6.25. The number of carbonyl (C=O) groups is 1. The molecule has 0 aliphatic rings. The molecular weight excluding hydrogens is 523 g/mol. The second-order valence-corrected chi connectivity index (χ2v) is 9.45. The van der Waals surface area contributed by atoms with E-state index in [4.69, 9.17) is 23.2 Å². The van der Waals surface area contributed by atoms with E-state index in [1.807, 2.05) is 59.6 Å². The highest BCUT2D eigenvalue weighted by Crippen LogP contribution is 2.29. The molecule has 0 bridgehead atoms. The molecule has 0 saturated heterocycles. The zero-order chi connectivity index (χ0) is 26.8. The van der Waals surface area contributed by atoms with Gasteiger partial charge in [0.15, 0.2) is 6.29 Å². The van der Waals surface area contributed by atoms with Crippen LogP contribution in [0.4, 0.5) is 0 Å². The van der Waals surface area contributed by atoms with E-state index in [1.165, 1.54) is 6.20 Å². The van der Waals surface area contributed by atoms with Gasteiger partial charge in [0.25, 0.3) is 0 Å². The number of aromatic nitrogens is 6. The Morgan fingerprint density at radius 2 is 1.26 bits per heavy atom. The third kappa shape index (κ3) is 5.02. The van der Waals surface area contributed by atoms with Gasteiger partial charge in [0.1, 0.15) is 10.3 Å². The molecule has 0 unspecified atom stereocenters. The Hall–Kier alpha value is -4.11. The molecule has 0 aromatic carbocycles. The Bertz CT molecular complexity index is 1790. The molecule has 38 heavy (non-hydrogen) atoms. The average molecular weight is 545 g/mol. The van der Waals surface area contributed by atoms with E-state index >= 15 is 0 Å². The molecule has 0 saturated carbocycles. The maximum absolute atomic E-state index is 10.8. The van der Waals surface area contributed by atoms with Gasteiger partial charge in [-0.1, -0.05) is 23.2 Å². The first-order valence-corrected chi connectivity index (χ1v) is 12.3. The summed E-state index contributed by atoms with van der Waals surface area (Å²) in [6.45, 7) is -0.0157. The first-order valence-electron chi connectivity index (χ1n) is 11.6. The first-order chi connectivity index (χ1) is 18.4. The van der Waals surface area contributed by atoms with Gasteiger partial charge in [-0.05, 0) is 42.0 Å². The second-order valence-electron chi connectivity index (χ2n) is 8.67. The van der Waals surface area contributed by atoms with Gasteiger partial charge in [0.2, 0.25) is 0 Å². The van der Waals surface area contributed by atoms with E-state index in [-0.39, 0.29) is 6.61 Å². The molecule has 0 atom stereocenters. The van der Waals surface area contributed by atoms with Crippen molar-refractivity contribution in [3.8, 4) is 22.5 Å². The first kappa shape index (κ1) is 25.5. The number of hydrogen-bond donors (Lipinski definition) is 1. The summed E-state index contributed by atoms with van der Waals surface area (Å²) < 4.78 is 4.05. The fraction of sp³-hybridized carbons (Fsp3) is 0.107. The van der Waals surface area contributed by atoms with Crippen LogP contribution in [0.3, 0.4) is 0 Å². The number of hydrogen-bond acceptors (Lipinski definition) is 6. The number of carbonyl (C=O) groups excluding carboxylic acids is 1. The predicted molar refractivity (Wildman–Crippen MR) is 149 cm³/mol. The van der Waals surface area contributed by atoms with Crippen molar-refractivity contribution >= 4 is 51.3 Å². The molecule has 10 heteroatoms. The Morgan fingerprint density at radius 3 is 1.79 bits per heavy atom. The van der Waals surface area contributed by atoms with Crippen molar-refractivity contribution in [2.45, 2.75) is 6.61 Å². The van der Waals surface area contributed by atoms with Crippen molar-refractivity contribution in [3.05, 3.63) is 95.0 Å². The Morgan fingerprint density at radius 1 is 0.737 bits per heavy atom. The van der Waals surface area contributed by atoms with Gasteiger partial charge < -0.3 is 14.2 Å². The number of halogens is 2. The van der Waals surface area contributed by atoms with E-state index in [2.05, 4.69) is 19.9 Å². The lowest BCUT2D eigenvalue weighted by molar-refractivity contribution is 0.112. The fourth-order valence-corrected chi connectivity index (χ4v) is 4.65. The summed E-state index contributed by atoms with van der Waals surface area (Å²) in [5.74, 6) is 0. The van der Waals surface area contributed by atoms with Crippen molar-refractivity contribution in [1.82, 2.24) is 29.1 Å². The highest BCUT2D eigenvalue weighted by atomic mass is 35.5. The molecule has 0 amide bonds. The monoisotopic (exact) mass is 544 g/mol. The second kappa shape index (κ2) is 10.7. The number of aryl methyl sites for hydroxylation is 2. The SMILES string of the molecule is Cn1c(-c2cncc(C=O)c2)cc2cnc(Cl)cc21.Cn1c(-c2cncc(CO)c2)cc2cnc(Cl)cc21. The predicted octanol–water partition coefficient (Wildman–Crippen LogP) is 5.88. The zero-order valence-corrected chi connectivity index (χ0v) is 22.0. The molecule has 8 nitrogen and oxygen atoms in total. The van der Waals surface area contributed by atoms with Crippen LogP contribution < -0.4 is 0 Å². The van der Waals surface area contributed by atoms with Gasteiger partial charge in [0.05, 0.1) is 29.0 Å². The lowest BCUT2D eigenvalue weighted by Crippen LogP contribution is -1.93. The normalized spacial score (nSPS) is 11.0. The fourth-order valence-electron chi connectivity index (χ4n) is 4.34. The van der Waals surface area contributed by atoms with Crippen LogP contribution >= 0.6 is 23.2 Å². The number of aliphatic hydroxyl groups excluding tert-OH is 1. The topological polar surface area (TPSA) is 98.7 Å². The molecule has 6 aromatic heterocycles. The van der Waals surface area contributed by atoms with Gasteiger partial charge in [-0.3, -0.25) is 14.8 Å². The highest BCUT2D eigenvalue weighted by molar-refractivity contribution is 6.30. The molecule has 0 radical (unpaired) electrons. The van der Waals surface area contributed by atoms with Crippen molar-refractivity contribution in [1.29, 1.82) is 0 Å². The molecule has 6 heterocycles. The van der Waals surface area contributed by atoms with Crippen molar-refractivity contribution < 1.29 is 9.90 Å². The van der Waals surface area contributed by atoms with Gasteiger partial charge in [-0.25, -0.2) is 9.97 Å². The van der Waals surface area contributed by atoms with Crippen molar-refractivity contribution in [2.24, 2.45) is 14.1 Å². The van der Waals surface area contributed by atoms with E-state index in [0.29, 0.717) is 15.9 Å². The van der Waals surface area contributed by atoms with Gasteiger partial charge in [-0.15, -0.1) is 0 Å². The van der Waals surface area contributed by atoms with Crippen molar-refractivity contribution in [3.63, 3.8) is 0 Å². The summed E-state index contributed by atoms with van der Waals surface area (Å²) in [5, 5.41) is 12.1. The van der Waals surface area contributed by atoms with E-state index in [9.17, 15) is 9.90 Å². The lowest BCUT2D eigenvalue weighted by Gasteiger charge is -2.05. The Labute approximate surface area is 228 Å². The molecule has 6 aromatic rings. The molecule has 0 fully saturated rings. The summed E-state index contributed by atoms with van der Waals surface area (Å²) in [5.41, 5.74) is 7.19. The Balaban J connectivity index is 0.000000155. The summed E-state index contributed by atoms with van der Waals surface area (Å²) in [6, 6.07) is 11.4. The van der Waals surface area contributed by atoms with Crippen LogP contribution in [0.1, 0.15) is 15.9 Å². The largest absolute Gasteiger partial charge is 0.392 e. The molecule has 0 spiro atoms. The summed E-state index contributed by atoms with van der Waals surface area (Å²) in [7, 11) is 3.92. The molecule has 1 N–H and O–H groups in total. The maximum atomic E-state index is 10.8. The van der Waals surface area contributed by atoms with Crippen LogP contribution in [0.5, 0.6) is 0 Å². The number of aliphatic hydroxyl groups is 1. The minimum atomic E-state index is -0.0157. The average Bonchev–Trinajstić information content (AvgIpc) is 3.45. The van der Waals surface area contributed by atoms with Crippen LogP contribution in [0.25, 0.3) is 44.3 Å². The quantitative estimate of drug-likeness (QED) is 0.219. The van der Waals surface area contributed by atoms with Crippen LogP contribution in [-0.2, 0) is 20.7 Å². The van der Waals surface area contributed by atoms with Crippen LogP contribution in [-0.4, -0.2) is 40.5 Å². The zero-order valence-electron chi connectivity index (χ0n) is 20.5.